The van der Waals surface area contributed by atoms with E-state index < -0.39 is 24.1 Å². The second-order valence-electron chi connectivity index (χ2n) is 4.58. The molecule has 5 nitrogen and oxygen atoms in total. The smallest absolute Gasteiger partial charge is 0.343 e. The van der Waals surface area contributed by atoms with E-state index in [2.05, 4.69) is 22.6 Å². The van der Waals surface area contributed by atoms with E-state index in [0.717, 1.165) is 3.57 Å². The Morgan fingerprint density at radius 3 is 2.60 bits per heavy atom. The number of amides is 1. The molecule has 1 atom stereocenters. The Kier molecular flexibility index (Phi) is 4.46. The molecule has 108 valence electrons. The number of hydrogen-bond donors (Lipinski definition) is 1. The van der Waals surface area contributed by atoms with E-state index in [-0.39, 0.29) is 19.6 Å². The van der Waals surface area contributed by atoms with Gasteiger partial charge >= 0.3 is 5.97 Å². The van der Waals surface area contributed by atoms with Crippen LogP contribution in [-0.2, 0) is 9.59 Å². The molecular formula is C13H13FINO4. The first-order valence-corrected chi connectivity index (χ1v) is 7.07. The molecule has 1 aliphatic rings. The van der Waals surface area contributed by atoms with Gasteiger partial charge in [-0.1, -0.05) is 0 Å². The molecule has 0 aliphatic carbocycles. The predicted octanol–water partition coefficient (Wildman–Crippen LogP) is 1.70. The SMILES string of the molecule is O=C(COc1ccc(I)cc1)N1CCC(F)(C(=O)O)C1. The molecule has 0 spiro atoms. The van der Waals surface area contributed by atoms with Gasteiger partial charge in [0.2, 0.25) is 5.67 Å². The van der Waals surface area contributed by atoms with Crippen molar-refractivity contribution in [1.82, 2.24) is 4.90 Å². The first-order valence-electron chi connectivity index (χ1n) is 5.99. The van der Waals surface area contributed by atoms with E-state index in [4.69, 9.17) is 9.84 Å². The highest BCUT2D eigenvalue weighted by Crippen LogP contribution is 2.26. The van der Waals surface area contributed by atoms with E-state index in [1.165, 1.54) is 4.90 Å². The summed E-state index contributed by atoms with van der Waals surface area (Å²) in [4.78, 5) is 23.8. The molecule has 0 saturated carbocycles. The van der Waals surface area contributed by atoms with E-state index in [1.54, 1.807) is 12.1 Å². The van der Waals surface area contributed by atoms with Gasteiger partial charge in [0.1, 0.15) is 5.75 Å². The van der Waals surface area contributed by atoms with Crippen LogP contribution in [-0.4, -0.2) is 47.2 Å². The van der Waals surface area contributed by atoms with Crippen LogP contribution in [0.25, 0.3) is 0 Å². The number of likely N-dealkylation sites (tertiary alicyclic amines) is 1. The van der Waals surface area contributed by atoms with Crippen molar-refractivity contribution in [2.45, 2.75) is 12.1 Å². The number of halogens is 2. The Morgan fingerprint density at radius 1 is 1.40 bits per heavy atom. The van der Waals surface area contributed by atoms with Crippen molar-refractivity contribution in [3.8, 4) is 5.75 Å². The first-order chi connectivity index (χ1) is 9.40. The number of nitrogens with zero attached hydrogens (tertiary/aromatic N) is 1. The normalized spacial score (nSPS) is 21.8. The Morgan fingerprint density at radius 2 is 2.05 bits per heavy atom. The summed E-state index contributed by atoms with van der Waals surface area (Å²) in [6.45, 7) is -0.550. The van der Waals surface area contributed by atoms with Gasteiger partial charge in [-0.25, -0.2) is 9.18 Å². The van der Waals surface area contributed by atoms with Gasteiger partial charge in [0.05, 0.1) is 6.54 Å². The van der Waals surface area contributed by atoms with E-state index in [0.29, 0.717) is 5.75 Å². The molecule has 1 unspecified atom stereocenters. The molecule has 1 amide bonds. The van der Waals surface area contributed by atoms with Crippen molar-refractivity contribution < 1.29 is 23.8 Å². The van der Waals surface area contributed by atoms with Crippen molar-refractivity contribution >= 4 is 34.5 Å². The van der Waals surface area contributed by atoms with Crippen LogP contribution in [0.3, 0.4) is 0 Å². The quantitative estimate of drug-likeness (QED) is 0.791. The molecule has 1 heterocycles. The Labute approximate surface area is 128 Å². The predicted molar refractivity (Wildman–Crippen MR) is 77.3 cm³/mol. The lowest BCUT2D eigenvalue weighted by atomic mass is 10.1. The molecule has 1 N–H and O–H groups in total. The van der Waals surface area contributed by atoms with Crippen LogP contribution < -0.4 is 4.74 Å². The number of ether oxygens (including phenoxy) is 1. The van der Waals surface area contributed by atoms with E-state index in [9.17, 15) is 14.0 Å². The number of rotatable bonds is 4. The van der Waals surface area contributed by atoms with Crippen molar-refractivity contribution in [2.24, 2.45) is 0 Å². The van der Waals surface area contributed by atoms with Crippen LogP contribution in [0.2, 0.25) is 0 Å². The van der Waals surface area contributed by atoms with Gasteiger partial charge in [0.25, 0.3) is 5.91 Å². The fraction of sp³-hybridized carbons (Fsp3) is 0.385. The number of alkyl halides is 1. The summed E-state index contributed by atoms with van der Waals surface area (Å²) in [6, 6.07) is 7.14. The molecular weight excluding hydrogens is 380 g/mol. The highest BCUT2D eigenvalue weighted by atomic mass is 127. The number of aliphatic carboxylic acids is 1. The second kappa shape index (κ2) is 5.94. The summed E-state index contributed by atoms with van der Waals surface area (Å²) in [6.07, 6.45) is -0.183. The lowest BCUT2D eigenvalue weighted by Gasteiger charge is -2.17. The molecule has 20 heavy (non-hydrogen) atoms. The minimum atomic E-state index is -2.33. The zero-order valence-corrected chi connectivity index (χ0v) is 12.7. The van der Waals surface area contributed by atoms with Crippen molar-refractivity contribution in [1.29, 1.82) is 0 Å². The zero-order chi connectivity index (χ0) is 14.8. The summed E-state index contributed by atoms with van der Waals surface area (Å²) in [5.74, 6) is -1.39. The molecule has 0 bridgehead atoms. The van der Waals surface area contributed by atoms with Crippen LogP contribution in [0.1, 0.15) is 6.42 Å². The Hall–Kier alpha value is -1.38. The fourth-order valence-corrected chi connectivity index (χ4v) is 2.29. The number of carboxylic acids is 1. The monoisotopic (exact) mass is 393 g/mol. The van der Waals surface area contributed by atoms with Gasteiger partial charge in [-0.15, -0.1) is 0 Å². The molecule has 1 fully saturated rings. The maximum absolute atomic E-state index is 13.8. The molecule has 1 aromatic carbocycles. The molecule has 1 aromatic rings. The largest absolute Gasteiger partial charge is 0.484 e. The number of benzene rings is 1. The number of hydrogen-bond acceptors (Lipinski definition) is 3. The topological polar surface area (TPSA) is 66.8 Å². The van der Waals surface area contributed by atoms with Gasteiger partial charge in [-0.05, 0) is 46.9 Å². The van der Waals surface area contributed by atoms with E-state index >= 15 is 0 Å². The summed E-state index contributed by atoms with van der Waals surface area (Å²) in [7, 11) is 0. The maximum Gasteiger partial charge on any atom is 0.343 e. The summed E-state index contributed by atoms with van der Waals surface area (Å²) < 4.78 is 20.2. The lowest BCUT2D eigenvalue weighted by Crippen LogP contribution is -2.40. The third-order valence-corrected chi connectivity index (χ3v) is 3.85. The highest BCUT2D eigenvalue weighted by molar-refractivity contribution is 14.1. The minimum Gasteiger partial charge on any atom is -0.484 e. The van der Waals surface area contributed by atoms with Crippen LogP contribution in [0.15, 0.2) is 24.3 Å². The zero-order valence-electron chi connectivity index (χ0n) is 10.5. The first kappa shape index (κ1) is 15.0. The van der Waals surface area contributed by atoms with Crippen molar-refractivity contribution in [2.75, 3.05) is 19.7 Å². The molecule has 2 rings (SSSR count). The lowest BCUT2D eigenvalue weighted by molar-refractivity contribution is -0.150. The fourth-order valence-electron chi connectivity index (χ4n) is 1.93. The Bertz CT molecular complexity index is 522. The van der Waals surface area contributed by atoms with Crippen molar-refractivity contribution in [3.63, 3.8) is 0 Å². The average Bonchev–Trinajstić information content (AvgIpc) is 2.82. The standard InChI is InChI=1S/C13H13FINO4/c14-13(12(18)19)5-6-16(8-13)11(17)7-20-10-3-1-9(15)2-4-10/h1-4H,5-8H2,(H,18,19). The summed E-state index contributed by atoms with van der Waals surface area (Å²) in [5.41, 5.74) is -2.33. The van der Waals surface area contributed by atoms with Crippen LogP contribution in [0, 0.1) is 3.57 Å². The van der Waals surface area contributed by atoms with Crippen LogP contribution >= 0.6 is 22.6 Å². The number of carboxylic acid groups (broad SMARTS) is 1. The van der Waals surface area contributed by atoms with Gasteiger partial charge in [0, 0.05) is 16.5 Å². The summed E-state index contributed by atoms with van der Waals surface area (Å²) in [5, 5.41) is 8.76. The van der Waals surface area contributed by atoms with Gasteiger partial charge in [0.15, 0.2) is 6.61 Å². The summed E-state index contributed by atoms with van der Waals surface area (Å²) >= 11 is 2.15. The highest BCUT2D eigenvalue weighted by Gasteiger charge is 2.46. The second-order valence-corrected chi connectivity index (χ2v) is 5.82. The molecule has 0 radical (unpaired) electrons. The van der Waals surface area contributed by atoms with E-state index in [1.807, 2.05) is 12.1 Å². The minimum absolute atomic E-state index is 0.0949. The molecule has 1 aliphatic heterocycles. The Balaban J connectivity index is 1.87. The van der Waals surface area contributed by atoms with Crippen molar-refractivity contribution in [3.05, 3.63) is 27.8 Å². The van der Waals surface area contributed by atoms with Crippen LogP contribution in [0.4, 0.5) is 4.39 Å². The molecule has 1 saturated heterocycles. The molecule has 7 heteroatoms. The number of carbonyl (C=O) groups is 2. The number of carbonyl (C=O) groups excluding carboxylic acids is 1. The van der Waals surface area contributed by atoms with Gasteiger partial charge in [-0.2, -0.15) is 0 Å². The van der Waals surface area contributed by atoms with Gasteiger partial charge in [-0.3, -0.25) is 4.79 Å². The maximum atomic E-state index is 13.8. The van der Waals surface area contributed by atoms with Gasteiger partial charge < -0.3 is 14.7 Å². The third kappa shape index (κ3) is 3.38. The van der Waals surface area contributed by atoms with Crippen LogP contribution in [0.5, 0.6) is 5.75 Å². The molecule has 0 aromatic heterocycles. The third-order valence-electron chi connectivity index (χ3n) is 3.13. The average molecular weight is 393 g/mol.